The topological polar surface area (TPSA) is 55.1 Å². The highest BCUT2D eigenvalue weighted by atomic mass is 19.1. The lowest BCUT2D eigenvalue weighted by atomic mass is 10.0. The Hall–Kier alpha value is -2.36. The summed E-state index contributed by atoms with van der Waals surface area (Å²) in [7, 11) is 0. The number of anilines is 2. The SMILES string of the molecule is Cc1ccc(F)cc1C(=O)Nc1c(C)ccc(N)c1C. The summed E-state index contributed by atoms with van der Waals surface area (Å²) in [5, 5.41) is 2.82. The van der Waals surface area contributed by atoms with Crippen molar-refractivity contribution in [2.75, 3.05) is 11.1 Å². The van der Waals surface area contributed by atoms with Gasteiger partial charge in [-0.3, -0.25) is 4.79 Å². The van der Waals surface area contributed by atoms with Crippen molar-refractivity contribution in [2.45, 2.75) is 20.8 Å². The Morgan fingerprint density at radius 2 is 1.75 bits per heavy atom. The lowest BCUT2D eigenvalue weighted by Gasteiger charge is -2.14. The Balaban J connectivity index is 2.38. The zero-order chi connectivity index (χ0) is 14.9. The molecule has 2 rings (SSSR count). The van der Waals surface area contributed by atoms with Crippen LogP contribution in [0.1, 0.15) is 27.0 Å². The first-order valence-electron chi connectivity index (χ1n) is 6.33. The molecule has 0 saturated heterocycles. The van der Waals surface area contributed by atoms with E-state index in [4.69, 9.17) is 5.73 Å². The lowest BCUT2D eigenvalue weighted by Crippen LogP contribution is -2.16. The minimum Gasteiger partial charge on any atom is -0.398 e. The van der Waals surface area contributed by atoms with E-state index in [0.717, 1.165) is 16.7 Å². The largest absolute Gasteiger partial charge is 0.398 e. The molecule has 0 saturated carbocycles. The van der Waals surface area contributed by atoms with Crippen LogP contribution in [-0.4, -0.2) is 5.91 Å². The van der Waals surface area contributed by atoms with Crippen LogP contribution in [0.5, 0.6) is 0 Å². The second-order valence-electron chi connectivity index (χ2n) is 4.89. The fraction of sp³-hybridized carbons (Fsp3) is 0.188. The number of nitrogens with one attached hydrogen (secondary N) is 1. The molecule has 0 aliphatic rings. The van der Waals surface area contributed by atoms with Crippen LogP contribution in [0.15, 0.2) is 30.3 Å². The van der Waals surface area contributed by atoms with E-state index >= 15 is 0 Å². The summed E-state index contributed by atoms with van der Waals surface area (Å²) >= 11 is 0. The molecule has 0 aromatic heterocycles. The number of aryl methyl sites for hydroxylation is 2. The number of nitrogens with two attached hydrogens (primary N) is 1. The van der Waals surface area contributed by atoms with E-state index in [-0.39, 0.29) is 5.91 Å². The fourth-order valence-corrected chi connectivity index (χ4v) is 2.08. The number of carbonyl (C=O) groups excluding carboxylic acids is 1. The summed E-state index contributed by atoms with van der Waals surface area (Å²) < 4.78 is 13.3. The van der Waals surface area contributed by atoms with Gasteiger partial charge >= 0.3 is 0 Å². The number of benzene rings is 2. The normalized spacial score (nSPS) is 10.4. The molecule has 0 radical (unpaired) electrons. The van der Waals surface area contributed by atoms with Crippen molar-refractivity contribution >= 4 is 17.3 Å². The predicted molar refractivity (Wildman–Crippen MR) is 79.4 cm³/mol. The summed E-state index contributed by atoms with van der Waals surface area (Å²) in [5.74, 6) is -0.763. The highest BCUT2D eigenvalue weighted by Crippen LogP contribution is 2.26. The molecule has 2 aromatic carbocycles. The van der Waals surface area contributed by atoms with Gasteiger partial charge in [-0.15, -0.1) is 0 Å². The van der Waals surface area contributed by atoms with Gasteiger partial charge in [-0.25, -0.2) is 4.39 Å². The third-order valence-corrected chi connectivity index (χ3v) is 3.40. The first-order valence-corrected chi connectivity index (χ1v) is 6.33. The Morgan fingerprint density at radius 3 is 2.45 bits per heavy atom. The van der Waals surface area contributed by atoms with Crippen molar-refractivity contribution in [3.8, 4) is 0 Å². The van der Waals surface area contributed by atoms with Gasteiger partial charge in [0.15, 0.2) is 0 Å². The maximum atomic E-state index is 13.3. The number of nitrogen functional groups attached to an aromatic ring is 1. The molecule has 4 heteroatoms. The molecular weight excluding hydrogens is 255 g/mol. The zero-order valence-corrected chi connectivity index (χ0v) is 11.8. The van der Waals surface area contributed by atoms with Crippen LogP contribution in [0, 0.1) is 26.6 Å². The summed E-state index contributed by atoms with van der Waals surface area (Å²) in [6.07, 6.45) is 0. The van der Waals surface area contributed by atoms with E-state index < -0.39 is 5.82 Å². The molecule has 3 nitrogen and oxygen atoms in total. The van der Waals surface area contributed by atoms with Crippen molar-refractivity contribution in [2.24, 2.45) is 0 Å². The molecule has 0 bridgehead atoms. The monoisotopic (exact) mass is 272 g/mol. The number of halogens is 1. The van der Waals surface area contributed by atoms with Gasteiger partial charge in [-0.05, 0) is 55.7 Å². The van der Waals surface area contributed by atoms with E-state index in [9.17, 15) is 9.18 Å². The van der Waals surface area contributed by atoms with Gasteiger partial charge in [0.1, 0.15) is 5.82 Å². The van der Waals surface area contributed by atoms with Crippen LogP contribution in [-0.2, 0) is 0 Å². The number of carbonyl (C=O) groups is 1. The standard InChI is InChI=1S/C16H17FN2O/c1-9-4-6-12(17)8-13(9)16(20)19-15-10(2)5-7-14(18)11(15)3/h4-8H,18H2,1-3H3,(H,19,20). The highest BCUT2D eigenvalue weighted by molar-refractivity contribution is 6.06. The second kappa shape index (κ2) is 5.33. The van der Waals surface area contributed by atoms with Gasteiger partial charge in [-0.2, -0.15) is 0 Å². The van der Waals surface area contributed by atoms with E-state index in [0.29, 0.717) is 16.9 Å². The van der Waals surface area contributed by atoms with Crippen LogP contribution in [0.3, 0.4) is 0 Å². The minimum atomic E-state index is -0.429. The molecular formula is C16H17FN2O. The predicted octanol–water partition coefficient (Wildman–Crippen LogP) is 3.59. The van der Waals surface area contributed by atoms with Gasteiger partial charge in [0.2, 0.25) is 0 Å². The third kappa shape index (κ3) is 2.64. The zero-order valence-electron chi connectivity index (χ0n) is 11.8. The second-order valence-corrected chi connectivity index (χ2v) is 4.89. The van der Waals surface area contributed by atoms with E-state index in [1.54, 1.807) is 19.1 Å². The third-order valence-electron chi connectivity index (χ3n) is 3.40. The average molecular weight is 272 g/mol. The highest BCUT2D eigenvalue weighted by Gasteiger charge is 2.13. The van der Waals surface area contributed by atoms with Crippen molar-refractivity contribution < 1.29 is 9.18 Å². The first-order chi connectivity index (χ1) is 9.40. The Morgan fingerprint density at radius 1 is 1.10 bits per heavy atom. The smallest absolute Gasteiger partial charge is 0.256 e. The lowest BCUT2D eigenvalue weighted by molar-refractivity contribution is 0.102. The fourth-order valence-electron chi connectivity index (χ4n) is 2.08. The van der Waals surface area contributed by atoms with Crippen molar-refractivity contribution in [1.29, 1.82) is 0 Å². The Labute approximate surface area is 117 Å². The molecule has 2 aromatic rings. The molecule has 0 aliphatic heterocycles. The number of amides is 1. The molecule has 0 spiro atoms. The van der Waals surface area contributed by atoms with Crippen LogP contribution >= 0.6 is 0 Å². The summed E-state index contributed by atoms with van der Waals surface area (Å²) in [4.78, 5) is 12.3. The molecule has 3 N–H and O–H groups in total. The van der Waals surface area contributed by atoms with Gasteiger partial charge in [-0.1, -0.05) is 12.1 Å². The maximum Gasteiger partial charge on any atom is 0.256 e. The number of rotatable bonds is 2. The summed E-state index contributed by atoms with van der Waals surface area (Å²) in [5.41, 5.74) is 9.92. The van der Waals surface area contributed by atoms with E-state index in [2.05, 4.69) is 5.32 Å². The van der Waals surface area contributed by atoms with E-state index in [1.165, 1.54) is 12.1 Å². The first kappa shape index (κ1) is 14.1. The molecule has 0 unspecified atom stereocenters. The Kier molecular flexibility index (Phi) is 3.74. The molecule has 0 fully saturated rings. The summed E-state index contributed by atoms with van der Waals surface area (Å²) in [6.45, 7) is 5.50. The molecule has 1 amide bonds. The molecule has 0 atom stereocenters. The number of hydrogen-bond acceptors (Lipinski definition) is 2. The molecule has 0 heterocycles. The van der Waals surface area contributed by atoms with Gasteiger partial charge in [0.05, 0.1) is 0 Å². The quantitative estimate of drug-likeness (QED) is 0.821. The maximum absolute atomic E-state index is 13.3. The number of hydrogen-bond donors (Lipinski definition) is 2. The van der Waals surface area contributed by atoms with E-state index in [1.807, 2.05) is 19.9 Å². The van der Waals surface area contributed by atoms with Crippen molar-refractivity contribution in [3.05, 3.63) is 58.4 Å². The van der Waals surface area contributed by atoms with Crippen LogP contribution in [0.2, 0.25) is 0 Å². The van der Waals surface area contributed by atoms with Crippen molar-refractivity contribution in [1.82, 2.24) is 0 Å². The van der Waals surface area contributed by atoms with Gasteiger partial charge in [0.25, 0.3) is 5.91 Å². The summed E-state index contributed by atoms with van der Waals surface area (Å²) in [6, 6.07) is 7.80. The van der Waals surface area contributed by atoms with Crippen LogP contribution < -0.4 is 11.1 Å². The molecule has 0 aliphatic carbocycles. The molecule has 20 heavy (non-hydrogen) atoms. The van der Waals surface area contributed by atoms with Crippen LogP contribution in [0.25, 0.3) is 0 Å². The molecule has 104 valence electrons. The van der Waals surface area contributed by atoms with Gasteiger partial charge in [0, 0.05) is 16.9 Å². The van der Waals surface area contributed by atoms with Crippen molar-refractivity contribution in [3.63, 3.8) is 0 Å². The van der Waals surface area contributed by atoms with Gasteiger partial charge < -0.3 is 11.1 Å². The minimum absolute atomic E-state index is 0.325. The Bertz CT molecular complexity index is 680. The average Bonchev–Trinajstić information content (AvgIpc) is 2.41. The van der Waals surface area contributed by atoms with Crippen LogP contribution in [0.4, 0.5) is 15.8 Å².